The minimum Gasteiger partial charge on any atom is -0.481 e. The van der Waals surface area contributed by atoms with E-state index >= 15 is 0 Å². The minimum absolute atomic E-state index is 0.0604. The molecule has 6 nitrogen and oxygen atoms in total. The van der Waals surface area contributed by atoms with E-state index in [1.165, 1.54) is 4.90 Å². The summed E-state index contributed by atoms with van der Waals surface area (Å²) in [7, 11) is 1.68. The predicted octanol–water partition coefficient (Wildman–Crippen LogP) is 1.59. The van der Waals surface area contributed by atoms with Crippen molar-refractivity contribution in [3.63, 3.8) is 0 Å². The van der Waals surface area contributed by atoms with Gasteiger partial charge in [-0.3, -0.25) is 4.79 Å². The molecule has 0 aromatic carbocycles. The monoisotopic (exact) mass is 254 g/mol. The van der Waals surface area contributed by atoms with Crippen molar-refractivity contribution >= 4 is 12.0 Å². The molecule has 100 valence electrons. The SMILES string of the molecule is Cc1occc1CN(C)C(=O)NCCCC(=O)O. The molecule has 6 heteroatoms. The highest BCUT2D eigenvalue weighted by Crippen LogP contribution is 2.10. The van der Waals surface area contributed by atoms with E-state index in [1.807, 2.05) is 13.0 Å². The van der Waals surface area contributed by atoms with Gasteiger partial charge in [0, 0.05) is 25.6 Å². The summed E-state index contributed by atoms with van der Waals surface area (Å²) in [6.45, 7) is 2.67. The third-order valence-corrected chi connectivity index (χ3v) is 2.56. The molecule has 0 aliphatic carbocycles. The van der Waals surface area contributed by atoms with Crippen molar-refractivity contribution in [2.75, 3.05) is 13.6 Å². The van der Waals surface area contributed by atoms with E-state index in [9.17, 15) is 9.59 Å². The van der Waals surface area contributed by atoms with E-state index in [2.05, 4.69) is 5.32 Å². The van der Waals surface area contributed by atoms with Crippen LogP contribution in [0.3, 0.4) is 0 Å². The van der Waals surface area contributed by atoms with E-state index in [0.717, 1.165) is 11.3 Å². The third kappa shape index (κ3) is 4.48. The Bertz CT molecular complexity index is 414. The van der Waals surface area contributed by atoms with Crippen molar-refractivity contribution in [1.82, 2.24) is 10.2 Å². The fourth-order valence-electron chi connectivity index (χ4n) is 1.47. The molecule has 1 aromatic rings. The molecule has 0 fully saturated rings. The Kier molecular flexibility index (Phi) is 5.23. The molecule has 1 aromatic heterocycles. The lowest BCUT2D eigenvalue weighted by Gasteiger charge is -2.17. The molecule has 0 spiro atoms. The molecule has 1 rings (SSSR count). The number of furan rings is 1. The molecule has 0 bridgehead atoms. The number of hydrogen-bond acceptors (Lipinski definition) is 3. The molecule has 0 aliphatic heterocycles. The zero-order chi connectivity index (χ0) is 13.5. The van der Waals surface area contributed by atoms with Crippen LogP contribution in [-0.4, -0.2) is 35.6 Å². The van der Waals surface area contributed by atoms with Gasteiger partial charge in [0.1, 0.15) is 5.76 Å². The fraction of sp³-hybridized carbons (Fsp3) is 0.500. The summed E-state index contributed by atoms with van der Waals surface area (Å²) in [5, 5.41) is 11.1. The van der Waals surface area contributed by atoms with E-state index in [4.69, 9.17) is 9.52 Å². The molecule has 2 N–H and O–H groups in total. The maximum atomic E-state index is 11.7. The zero-order valence-corrected chi connectivity index (χ0v) is 10.6. The summed E-state index contributed by atoms with van der Waals surface area (Å²) in [5.74, 6) is -0.0628. The van der Waals surface area contributed by atoms with Crippen LogP contribution >= 0.6 is 0 Å². The number of aliphatic carboxylic acids is 1. The van der Waals surface area contributed by atoms with Gasteiger partial charge in [0.05, 0.1) is 12.8 Å². The molecule has 1 heterocycles. The highest BCUT2D eigenvalue weighted by Gasteiger charge is 2.11. The number of carboxylic acid groups (broad SMARTS) is 1. The summed E-state index contributed by atoms with van der Waals surface area (Å²) < 4.78 is 5.15. The Hall–Kier alpha value is -1.98. The fourth-order valence-corrected chi connectivity index (χ4v) is 1.47. The van der Waals surface area contributed by atoms with Gasteiger partial charge in [-0.2, -0.15) is 0 Å². The lowest BCUT2D eigenvalue weighted by molar-refractivity contribution is -0.137. The van der Waals surface area contributed by atoms with Crippen LogP contribution in [0.2, 0.25) is 0 Å². The number of urea groups is 1. The van der Waals surface area contributed by atoms with Crippen LogP contribution < -0.4 is 5.32 Å². The molecule has 0 radical (unpaired) electrons. The summed E-state index contributed by atoms with van der Waals surface area (Å²) in [5.41, 5.74) is 0.957. The molecule has 0 saturated carbocycles. The number of nitrogens with zero attached hydrogens (tertiary/aromatic N) is 1. The molecular weight excluding hydrogens is 236 g/mol. The van der Waals surface area contributed by atoms with Crippen molar-refractivity contribution in [2.45, 2.75) is 26.3 Å². The smallest absolute Gasteiger partial charge is 0.317 e. The minimum atomic E-state index is -0.855. The van der Waals surface area contributed by atoms with Crippen molar-refractivity contribution in [3.05, 3.63) is 23.7 Å². The van der Waals surface area contributed by atoms with E-state index in [1.54, 1.807) is 13.3 Å². The predicted molar refractivity (Wildman–Crippen MR) is 65.2 cm³/mol. The van der Waals surface area contributed by atoms with Crippen molar-refractivity contribution < 1.29 is 19.1 Å². The Balaban J connectivity index is 2.29. The normalized spacial score (nSPS) is 10.1. The topological polar surface area (TPSA) is 82.8 Å². The van der Waals surface area contributed by atoms with E-state index in [0.29, 0.717) is 19.5 Å². The maximum Gasteiger partial charge on any atom is 0.317 e. The second-order valence-electron chi connectivity index (χ2n) is 4.09. The Morgan fingerprint density at radius 1 is 1.50 bits per heavy atom. The lowest BCUT2D eigenvalue weighted by atomic mass is 10.2. The van der Waals surface area contributed by atoms with Gasteiger partial charge in [0.2, 0.25) is 0 Å². The van der Waals surface area contributed by atoms with Crippen LogP contribution in [-0.2, 0) is 11.3 Å². The maximum absolute atomic E-state index is 11.7. The molecule has 0 atom stereocenters. The Labute approximate surface area is 106 Å². The first-order valence-electron chi connectivity index (χ1n) is 5.74. The van der Waals surface area contributed by atoms with Gasteiger partial charge in [-0.05, 0) is 19.4 Å². The molecular formula is C12H18N2O4. The van der Waals surface area contributed by atoms with Gasteiger partial charge in [0.15, 0.2) is 0 Å². The molecule has 0 aliphatic rings. The van der Waals surface area contributed by atoms with Gasteiger partial charge in [-0.1, -0.05) is 0 Å². The summed E-state index contributed by atoms with van der Waals surface area (Å²) >= 11 is 0. The number of carbonyl (C=O) groups is 2. The molecule has 0 saturated heterocycles. The number of nitrogens with one attached hydrogen (secondary N) is 1. The van der Waals surface area contributed by atoms with E-state index < -0.39 is 5.97 Å². The molecule has 0 unspecified atom stereocenters. The van der Waals surface area contributed by atoms with Crippen molar-refractivity contribution in [1.29, 1.82) is 0 Å². The number of carbonyl (C=O) groups excluding carboxylic acids is 1. The Morgan fingerprint density at radius 3 is 2.78 bits per heavy atom. The van der Waals surface area contributed by atoms with Crippen LogP contribution in [0.4, 0.5) is 4.79 Å². The first kappa shape index (κ1) is 14.1. The van der Waals surface area contributed by atoms with Gasteiger partial charge in [0.25, 0.3) is 0 Å². The average Bonchev–Trinajstić information content (AvgIpc) is 2.70. The van der Waals surface area contributed by atoms with Gasteiger partial charge in [-0.15, -0.1) is 0 Å². The third-order valence-electron chi connectivity index (χ3n) is 2.56. The largest absolute Gasteiger partial charge is 0.481 e. The molecule has 2 amide bonds. The highest BCUT2D eigenvalue weighted by atomic mass is 16.4. The standard InChI is InChI=1S/C12H18N2O4/c1-9-10(5-7-18-9)8-14(2)12(17)13-6-3-4-11(15)16/h5,7H,3-4,6,8H2,1-2H3,(H,13,17)(H,15,16). The number of carboxylic acids is 1. The number of hydrogen-bond donors (Lipinski definition) is 2. The first-order chi connectivity index (χ1) is 8.50. The van der Waals surface area contributed by atoms with E-state index in [-0.39, 0.29) is 12.5 Å². The summed E-state index contributed by atoms with van der Waals surface area (Å²) in [4.78, 5) is 23.5. The zero-order valence-electron chi connectivity index (χ0n) is 10.6. The van der Waals surface area contributed by atoms with Gasteiger partial charge in [-0.25, -0.2) is 4.79 Å². The van der Waals surface area contributed by atoms with Crippen molar-refractivity contribution in [2.24, 2.45) is 0 Å². The van der Waals surface area contributed by atoms with Gasteiger partial charge < -0.3 is 19.7 Å². The van der Waals surface area contributed by atoms with Crippen LogP contribution in [0.25, 0.3) is 0 Å². The lowest BCUT2D eigenvalue weighted by Crippen LogP contribution is -2.37. The van der Waals surface area contributed by atoms with Crippen LogP contribution in [0, 0.1) is 6.92 Å². The first-order valence-corrected chi connectivity index (χ1v) is 5.74. The highest BCUT2D eigenvalue weighted by molar-refractivity contribution is 5.74. The number of aryl methyl sites for hydroxylation is 1. The number of amides is 2. The summed E-state index contributed by atoms with van der Waals surface area (Å²) in [6.07, 6.45) is 2.08. The number of rotatable bonds is 6. The van der Waals surface area contributed by atoms with Crippen LogP contribution in [0.5, 0.6) is 0 Å². The quantitative estimate of drug-likeness (QED) is 0.755. The second-order valence-corrected chi connectivity index (χ2v) is 4.09. The Morgan fingerprint density at radius 2 is 2.22 bits per heavy atom. The van der Waals surface area contributed by atoms with Crippen molar-refractivity contribution in [3.8, 4) is 0 Å². The van der Waals surface area contributed by atoms with Crippen LogP contribution in [0.1, 0.15) is 24.2 Å². The molecule has 18 heavy (non-hydrogen) atoms. The van der Waals surface area contributed by atoms with Gasteiger partial charge >= 0.3 is 12.0 Å². The summed E-state index contributed by atoms with van der Waals surface area (Å²) in [6, 6.07) is 1.60. The van der Waals surface area contributed by atoms with Crippen LogP contribution in [0.15, 0.2) is 16.7 Å². The second kappa shape index (κ2) is 6.68. The average molecular weight is 254 g/mol.